The van der Waals surface area contributed by atoms with Gasteiger partial charge in [0, 0.05) is 47.5 Å². The first kappa shape index (κ1) is 20.5. The van der Waals surface area contributed by atoms with Gasteiger partial charge in [0.15, 0.2) is 5.82 Å². The quantitative estimate of drug-likeness (QED) is 0.535. The fourth-order valence-corrected chi connectivity index (χ4v) is 5.69. The van der Waals surface area contributed by atoms with E-state index in [2.05, 4.69) is 31.0 Å². The van der Waals surface area contributed by atoms with Gasteiger partial charge in [0.1, 0.15) is 16.5 Å². The number of nitrogens with two attached hydrogens (primary N) is 2. The SMILES string of the molecule is Nc1nccc(Sc2cnc(N3CCC4(CC3)c3ccnn3C[C@H]4N)c(CO)n2)c1Cl. The number of piperidine rings is 1. The summed E-state index contributed by atoms with van der Waals surface area (Å²) < 4.78 is 2.03. The van der Waals surface area contributed by atoms with Crippen molar-refractivity contribution in [2.24, 2.45) is 5.73 Å². The summed E-state index contributed by atoms with van der Waals surface area (Å²) in [4.78, 5) is 16.1. The highest BCUT2D eigenvalue weighted by Crippen LogP contribution is 2.43. The summed E-state index contributed by atoms with van der Waals surface area (Å²) in [5.74, 6) is 0.981. The smallest absolute Gasteiger partial charge is 0.152 e. The van der Waals surface area contributed by atoms with Crippen molar-refractivity contribution in [1.29, 1.82) is 0 Å². The number of aliphatic hydroxyl groups excluding tert-OH is 1. The van der Waals surface area contributed by atoms with Crippen LogP contribution in [0.4, 0.5) is 11.6 Å². The van der Waals surface area contributed by atoms with Crippen molar-refractivity contribution in [3.05, 3.63) is 47.1 Å². The molecule has 11 heteroatoms. The number of pyridine rings is 1. The summed E-state index contributed by atoms with van der Waals surface area (Å²) in [6, 6.07) is 3.93. The molecule has 0 unspecified atom stereocenters. The molecule has 0 bridgehead atoms. The average Bonchev–Trinajstić information content (AvgIpc) is 3.34. The highest BCUT2D eigenvalue weighted by Gasteiger charge is 2.48. The van der Waals surface area contributed by atoms with Crippen LogP contribution in [0.15, 0.2) is 40.6 Å². The van der Waals surface area contributed by atoms with Crippen LogP contribution in [0, 0.1) is 0 Å². The number of nitrogen functional groups attached to an aromatic ring is 1. The first-order chi connectivity index (χ1) is 15.0. The van der Waals surface area contributed by atoms with Crippen LogP contribution >= 0.6 is 23.4 Å². The van der Waals surface area contributed by atoms with Crippen molar-refractivity contribution in [2.75, 3.05) is 23.7 Å². The first-order valence-electron chi connectivity index (χ1n) is 10.1. The van der Waals surface area contributed by atoms with Gasteiger partial charge in [0.25, 0.3) is 0 Å². The first-order valence-corrected chi connectivity index (χ1v) is 11.3. The van der Waals surface area contributed by atoms with Gasteiger partial charge in [0.2, 0.25) is 0 Å². The third-order valence-electron chi connectivity index (χ3n) is 6.31. The topological polar surface area (TPSA) is 132 Å². The van der Waals surface area contributed by atoms with E-state index >= 15 is 0 Å². The van der Waals surface area contributed by atoms with Gasteiger partial charge in [-0.25, -0.2) is 15.0 Å². The molecule has 5 rings (SSSR count). The molecule has 0 aromatic carbocycles. The van der Waals surface area contributed by atoms with Crippen molar-refractivity contribution in [1.82, 2.24) is 24.7 Å². The second-order valence-corrected chi connectivity index (χ2v) is 9.34. The summed E-state index contributed by atoms with van der Waals surface area (Å²) in [6.07, 6.45) is 6.97. The highest BCUT2D eigenvalue weighted by atomic mass is 35.5. The number of rotatable bonds is 4. The Bertz CT molecular complexity index is 1110. The molecule has 162 valence electrons. The number of fused-ring (bicyclic) bond motifs is 2. The van der Waals surface area contributed by atoms with Gasteiger partial charge < -0.3 is 21.5 Å². The molecule has 31 heavy (non-hydrogen) atoms. The molecule has 9 nitrogen and oxygen atoms in total. The van der Waals surface area contributed by atoms with Gasteiger partial charge in [-0.05, 0) is 25.0 Å². The Kier molecular flexibility index (Phi) is 5.25. The Morgan fingerprint density at radius 3 is 2.81 bits per heavy atom. The van der Waals surface area contributed by atoms with Crippen LogP contribution in [-0.4, -0.2) is 49.0 Å². The van der Waals surface area contributed by atoms with Crippen LogP contribution < -0.4 is 16.4 Å². The maximum absolute atomic E-state index is 9.96. The van der Waals surface area contributed by atoms with Gasteiger partial charge in [0.05, 0.1) is 24.4 Å². The Hall–Kier alpha value is -2.40. The minimum Gasteiger partial charge on any atom is -0.390 e. The van der Waals surface area contributed by atoms with Crippen LogP contribution in [0.5, 0.6) is 0 Å². The summed E-state index contributed by atoms with van der Waals surface area (Å²) in [5.41, 5.74) is 14.0. The number of aromatic nitrogens is 5. The molecule has 2 aliphatic rings. The lowest BCUT2D eigenvalue weighted by molar-refractivity contribution is 0.271. The number of anilines is 2. The predicted octanol–water partition coefficient (Wildman–Crippen LogP) is 1.83. The molecule has 0 saturated carbocycles. The molecule has 3 aromatic heterocycles. The Balaban J connectivity index is 1.35. The molecule has 2 aliphatic heterocycles. The molecule has 0 amide bonds. The van der Waals surface area contributed by atoms with Crippen LogP contribution in [0.25, 0.3) is 0 Å². The van der Waals surface area contributed by atoms with Crippen molar-refractivity contribution in [3.8, 4) is 0 Å². The van der Waals surface area contributed by atoms with Gasteiger partial charge in [-0.3, -0.25) is 4.68 Å². The van der Waals surface area contributed by atoms with Gasteiger partial charge in [-0.2, -0.15) is 5.10 Å². The lowest BCUT2D eigenvalue weighted by Gasteiger charge is -2.42. The molecular formula is C20H23ClN8OS. The predicted molar refractivity (Wildman–Crippen MR) is 119 cm³/mol. The van der Waals surface area contributed by atoms with E-state index in [0.29, 0.717) is 21.6 Å². The zero-order valence-electron chi connectivity index (χ0n) is 16.8. The molecule has 5 heterocycles. The van der Waals surface area contributed by atoms with Crippen molar-refractivity contribution >= 4 is 35.0 Å². The normalized spacial score (nSPS) is 19.7. The highest BCUT2D eigenvalue weighted by molar-refractivity contribution is 7.99. The molecule has 5 N–H and O–H groups in total. The van der Waals surface area contributed by atoms with E-state index in [1.807, 2.05) is 10.9 Å². The van der Waals surface area contributed by atoms with Crippen LogP contribution in [0.2, 0.25) is 5.02 Å². The van der Waals surface area contributed by atoms with E-state index in [0.717, 1.165) is 37.4 Å². The van der Waals surface area contributed by atoms with Crippen molar-refractivity contribution < 1.29 is 5.11 Å². The zero-order valence-corrected chi connectivity index (χ0v) is 18.4. The number of halogens is 1. The van der Waals surface area contributed by atoms with Gasteiger partial charge in [-0.1, -0.05) is 23.4 Å². The minimum atomic E-state index is -0.198. The van der Waals surface area contributed by atoms with E-state index in [-0.39, 0.29) is 23.9 Å². The molecule has 3 aromatic rings. The number of aliphatic hydroxyl groups is 1. The Morgan fingerprint density at radius 2 is 2.03 bits per heavy atom. The Morgan fingerprint density at radius 1 is 1.23 bits per heavy atom. The summed E-state index contributed by atoms with van der Waals surface area (Å²) in [7, 11) is 0. The van der Waals surface area contributed by atoms with E-state index in [1.165, 1.54) is 17.5 Å². The van der Waals surface area contributed by atoms with E-state index in [4.69, 9.17) is 23.1 Å². The minimum absolute atomic E-state index is 0.0480. The molecule has 0 aliphatic carbocycles. The van der Waals surface area contributed by atoms with Crippen LogP contribution in [-0.2, 0) is 18.6 Å². The molecule has 1 spiro atoms. The lowest BCUT2D eigenvalue weighted by atomic mass is 9.72. The third kappa shape index (κ3) is 3.43. The monoisotopic (exact) mass is 458 g/mol. The van der Waals surface area contributed by atoms with E-state index in [1.54, 1.807) is 18.5 Å². The summed E-state index contributed by atoms with van der Waals surface area (Å²) >= 11 is 7.58. The van der Waals surface area contributed by atoms with Crippen molar-refractivity contribution in [3.63, 3.8) is 0 Å². The maximum Gasteiger partial charge on any atom is 0.152 e. The van der Waals surface area contributed by atoms with Crippen LogP contribution in [0.3, 0.4) is 0 Å². The Labute approximate surface area is 188 Å². The van der Waals surface area contributed by atoms with Gasteiger partial charge >= 0.3 is 0 Å². The fourth-order valence-electron chi connectivity index (χ4n) is 4.65. The fraction of sp³-hybridized carbons (Fsp3) is 0.400. The van der Waals surface area contributed by atoms with Crippen molar-refractivity contribution in [2.45, 2.75) is 47.4 Å². The maximum atomic E-state index is 9.96. The van der Waals surface area contributed by atoms with E-state index in [9.17, 15) is 5.11 Å². The molecule has 0 radical (unpaired) electrons. The number of hydrogen-bond donors (Lipinski definition) is 3. The second-order valence-electron chi connectivity index (χ2n) is 7.90. The number of nitrogens with zero attached hydrogens (tertiary/aromatic N) is 6. The van der Waals surface area contributed by atoms with Gasteiger partial charge in [-0.15, -0.1) is 0 Å². The lowest BCUT2D eigenvalue weighted by Crippen LogP contribution is -2.51. The summed E-state index contributed by atoms with van der Waals surface area (Å²) in [6.45, 7) is 2.15. The van der Waals surface area contributed by atoms with E-state index < -0.39 is 0 Å². The molecular weight excluding hydrogens is 436 g/mol. The zero-order chi connectivity index (χ0) is 21.6. The molecule has 1 fully saturated rings. The average molecular weight is 459 g/mol. The largest absolute Gasteiger partial charge is 0.390 e. The molecule has 1 atom stereocenters. The standard InChI is InChI=1S/C20H23ClN8OS/c21-17-13(1-5-24-18(17)23)31-16-9-25-19(12(11-30)27-16)28-7-3-20(4-8-28)14(22)10-29-15(20)2-6-26-29/h1-2,5-6,9,14,30H,3-4,7-8,10-11,22H2,(H2,23,24)/t14-/m1/s1. The molecule has 1 saturated heterocycles. The summed E-state index contributed by atoms with van der Waals surface area (Å²) in [5, 5.41) is 15.4. The third-order valence-corrected chi connectivity index (χ3v) is 7.78. The number of hydrogen-bond acceptors (Lipinski definition) is 9. The van der Waals surface area contributed by atoms with Crippen LogP contribution in [0.1, 0.15) is 24.2 Å². The second kappa shape index (κ2) is 7.94.